The molecule has 0 aromatic heterocycles. The summed E-state index contributed by atoms with van der Waals surface area (Å²) >= 11 is 0. The molecule has 2 fully saturated rings. The van der Waals surface area contributed by atoms with Crippen molar-refractivity contribution in [2.24, 2.45) is 0 Å². The predicted octanol–water partition coefficient (Wildman–Crippen LogP) is 2.10. The van der Waals surface area contributed by atoms with E-state index in [-0.39, 0.29) is 0 Å². The standard InChI is InChI=1S/C15H30N2O/c1-15(2,18)13-16-9-11-17(12-10-16)14-7-5-3-4-6-8-14/h14,18H,3-13H2,1-2H3. The number of aliphatic hydroxyl groups is 1. The van der Waals surface area contributed by atoms with E-state index in [1.54, 1.807) is 0 Å². The highest BCUT2D eigenvalue weighted by Gasteiger charge is 2.26. The van der Waals surface area contributed by atoms with Gasteiger partial charge in [-0.2, -0.15) is 0 Å². The Morgan fingerprint density at radius 3 is 2.00 bits per heavy atom. The average molecular weight is 254 g/mol. The van der Waals surface area contributed by atoms with Crippen molar-refractivity contribution < 1.29 is 5.11 Å². The molecule has 0 aromatic carbocycles. The number of β-amino-alcohol motifs (C(OH)–C–C–N with tert-alkyl or cyclic N) is 1. The molecule has 1 saturated heterocycles. The third kappa shape index (κ3) is 4.52. The minimum atomic E-state index is -0.551. The number of piperazine rings is 1. The van der Waals surface area contributed by atoms with Crippen molar-refractivity contribution in [2.45, 2.75) is 64.0 Å². The maximum absolute atomic E-state index is 9.87. The fourth-order valence-electron chi connectivity index (χ4n) is 3.46. The van der Waals surface area contributed by atoms with Crippen LogP contribution in [0.5, 0.6) is 0 Å². The van der Waals surface area contributed by atoms with E-state index in [2.05, 4.69) is 9.80 Å². The SMILES string of the molecule is CC(C)(O)CN1CCN(C2CCCCCC2)CC1. The van der Waals surface area contributed by atoms with Crippen LogP contribution in [0.1, 0.15) is 52.4 Å². The average Bonchev–Trinajstić information content (AvgIpc) is 2.56. The topological polar surface area (TPSA) is 26.7 Å². The second kappa shape index (κ2) is 6.36. The predicted molar refractivity (Wildman–Crippen MR) is 75.8 cm³/mol. The lowest BCUT2D eigenvalue weighted by molar-refractivity contribution is 0.00963. The maximum Gasteiger partial charge on any atom is 0.0718 e. The van der Waals surface area contributed by atoms with E-state index in [9.17, 15) is 5.11 Å². The first-order valence-corrected chi connectivity index (χ1v) is 7.73. The Bertz CT molecular complexity index is 233. The molecule has 0 spiro atoms. The highest BCUT2D eigenvalue weighted by molar-refractivity contribution is 4.82. The Morgan fingerprint density at radius 1 is 0.944 bits per heavy atom. The van der Waals surface area contributed by atoms with Gasteiger partial charge in [-0.05, 0) is 26.7 Å². The van der Waals surface area contributed by atoms with Crippen LogP contribution >= 0.6 is 0 Å². The van der Waals surface area contributed by atoms with Crippen molar-refractivity contribution in [3.63, 3.8) is 0 Å². The van der Waals surface area contributed by atoms with Gasteiger partial charge in [0.25, 0.3) is 0 Å². The molecule has 0 unspecified atom stereocenters. The van der Waals surface area contributed by atoms with Gasteiger partial charge in [0.2, 0.25) is 0 Å². The van der Waals surface area contributed by atoms with Gasteiger partial charge in [-0.15, -0.1) is 0 Å². The summed E-state index contributed by atoms with van der Waals surface area (Å²) < 4.78 is 0. The van der Waals surface area contributed by atoms with E-state index in [0.29, 0.717) is 0 Å². The number of rotatable bonds is 3. The quantitative estimate of drug-likeness (QED) is 0.781. The third-order valence-corrected chi connectivity index (χ3v) is 4.36. The van der Waals surface area contributed by atoms with Gasteiger partial charge in [0.15, 0.2) is 0 Å². The maximum atomic E-state index is 9.87. The van der Waals surface area contributed by atoms with Crippen molar-refractivity contribution >= 4 is 0 Å². The van der Waals surface area contributed by atoms with E-state index < -0.39 is 5.60 Å². The molecule has 0 atom stereocenters. The van der Waals surface area contributed by atoms with E-state index >= 15 is 0 Å². The molecule has 1 saturated carbocycles. The molecule has 0 bridgehead atoms. The Hall–Kier alpha value is -0.120. The second-order valence-electron chi connectivity index (χ2n) is 6.77. The van der Waals surface area contributed by atoms with Crippen LogP contribution in [-0.2, 0) is 0 Å². The molecule has 106 valence electrons. The van der Waals surface area contributed by atoms with E-state index in [1.165, 1.54) is 51.6 Å². The normalized spacial score (nSPS) is 26.2. The summed E-state index contributed by atoms with van der Waals surface area (Å²) in [6.07, 6.45) is 8.55. The minimum Gasteiger partial charge on any atom is -0.389 e. The van der Waals surface area contributed by atoms with Gasteiger partial charge < -0.3 is 5.11 Å². The summed E-state index contributed by atoms with van der Waals surface area (Å²) in [5.74, 6) is 0. The highest BCUT2D eigenvalue weighted by Crippen LogP contribution is 2.23. The monoisotopic (exact) mass is 254 g/mol. The minimum absolute atomic E-state index is 0.551. The molecule has 3 heteroatoms. The highest BCUT2D eigenvalue weighted by atomic mass is 16.3. The van der Waals surface area contributed by atoms with Crippen LogP contribution in [0.3, 0.4) is 0 Å². The lowest BCUT2D eigenvalue weighted by atomic mass is 10.1. The van der Waals surface area contributed by atoms with Gasteiger partial charge in [0.1, 0.15) is 0 Å². The Morgan fingerprint density at radius 2 is 1.50 bits per heavy atom. The van der Waals surface area contributed by atoms with E-state index in [4.69, 9.17) is 0 Å². The zero-order chi connectivity index (χ0) is 13.0. The van der Waals surface area contributed by atoms with Gasteiger partial charge in [-0.1, -0.05) is 25.7 Å². The van der Waals surface area contributed by atoms with Gasteiger partial charge in [-0.3, -0.25) is 9.80 Å². The number of hydrogen-bond acceptors (Lipinski definition) is 3. The van der Waals surface area contributed by atoms with Crippen molar-refractivity contribution in [3.05, 3.63) is 0 Å². The summed E-state index contributed by atoms with van der Waals surface area (Å²) in [6.45, 7) is 9.27. The van der Waals surface area contributed by atoms with Crippen LogP contribution in [0, 0.1) is 0 Å². The molecule has 1 aliphatic carbocycles. The molecule has 0 aromatic rings. The summed E-state index contributed by atoms with van der Waals surface area (Å²) in [6, 6.07) is 0.844. The molecular weight excluding hydrogens is 224 g/mol. The summed E-state index contributed by atoms with van der Waals surface area (Å²) in [4.78, 5) is 5.11. The van der Waals surface area contributed by atoms with Crippen molar-refractivity contribution in [2.75, 3.05) is 32.7 Å². The second-order valence-corrected chi connectivity index (χ2v) is 6.77. The first kappa shape index (κ1) is 14.3. The molecule has 1 heterocycles. The molecule has 3 nitrogen and oxygen atoms in total. The molecule has 1 N–H and O–H groups in total. The van der Waals surface area contributed by atoms with Crippen LogP contribution in [0.25, 0.3) is 0 Å². The molecule has 2 rings (SSSR count). The van der Waals surface area contributed by atoms with Crippen LogP contribution < -0.4 is 0 Å². The van der Waals surface area contributed by atoms with Crippen LogP contribution in [-0.4, -0.2) is 59.3 Å². The lowest BCUT2D eigenvalue weighted by Crippen LogP contribution is -2.53. The van der Waals surface area contributed by atoms with E-state index in [1.807, 2.05) is 13.8 Å². The fraction of sp³-hybridized carbons (Fsp3) is 1.00. The van der Waals surface area contributed by atoms with Crippen LogP contribution in [0.15, 0.2) is 0 Å². The molecule has 0 radical (unpaired) electrons. The van der Waals surface area contributed by atoms with Crippen LogP contribution in [0.4, 0.5) is 0 Å². The third-order valence-electron chi connectivity index (χ3n) is 4.36. The smallest absolute Gasteiger partial charge is 0.0718 e. The fourth-order valence-corrected chi connectivity index (χ4v) is 3.46. The first-order valence-electron chi connectivity index (χ1n) is 7.73. The lowest BCUT2D eigenvalue weighted by Gasteiger charge is -2.40. The number of nitrogens with zero attached hydrogens (tertiary/aromatic N) is 2. The number of hydrogen-bond donors (Lipinski definition) is 1. The first-order chi connectivity index (χ1) is 8.54. The van der Waals surface area contributed by atoms with Gasteiger partial charge in [0.05, 0.1) is 5.60 Å². The summed E-state index contributed by atoms with van der Waals surface area (Å²) in [5, 5.41) is 9.87. The zero-order valence-electron chi connectivity index (χ0n) is 12.2. The van der Waals surface area contributed by atoms with Crippen molar-refractivity contribution in [1.82, 2.24) is 9.80 Å². The van der Waals surface area contributed by atoms with Gasteiger partial charge in [0, 0.05) is 38.8 Å². The Labute approximate surface area is 112 Å². The Balaban J connectivity index is 1.75. The molecule has 18 heavy (non-hydrogen) atoms. The summed E-state index contributed by atoms with van der Waals surface area (Å²) in [7, 11) is 0. The van der Waals surface area contributed by atoms with Gasteiger partial charge >= 0.3 is 0 Å². The summed E-state index contributed by atoms with van der Waals surface area (Å²) in [5.41, 5.74) is -0.551. The molecule has 0 amide bonds. The molecule has 1 aliphatic heterocycles. The van der Waals surface area contributed by atoms with Gasteiger partial charge in [-0.25, -0.2) is 0 Å². The molecule has 2 aliphatic rings. The molecular formula is C15H30N2O. The van der Waals surface area contributed by atoms with Crippen molar-refractivity contribution in [1.29, 1.82) is 0 Å². The Kier molecular flexibility index (Phi) is 5.05. The van der Waals surface area contributed by atoms with E-state index in [0.717, 1.165) is 25.7 Å². The zero-order valence-corrected chi connectivity index (χ0v) is 12.2. The van der Waals surface area contributed by atoms with Crippen molar-refractivity contribution in [3.8, 4) is 0 Å². The largest absolute Gasteiger partial charge is 0.389 e. The van der Waals surface area contributed by atoms with Crippen LogP contribution in [0.2, 0.25) is 0 Å².